The highest BCUT2D eigenvalue weighted by atomic mass is 16.5. The molecule has 19 heavy (non-hydrogen) atoms. The van der Waals surface area contributed by atoms with E-state index in [-0.39, 0.29) is 5.97 Å². The average Bonchev–Trinajstić information content (AvgIpc) is 2.81. The number of hydrogen-bond donors (Lipinski definition) is 1. The van der Waals surface area contributed by atoms with Crippen molar-refractivity contribution in [1.29, 1.82) is 0 Å². The maximum Gasteiger partial charge on any atom is 0.316 e. The third-order valence-electron chi connectivity index (χ3n) is 2.68. The molecule has 102 valence electrons. The van der Waals surface area contributed by atoms with Crippen LogP contribution in [0.25, 0.3) is 11.2 Å². The van der Waals surface area contributed by atoms with E-state index in [0.717, 1.165) is 5.52 Å². The lowest BCUT2D eigenvalue weighted by molar-refractivity contribution is -0.144. The van der Waals surface area contributed by atoms with E-state index in [1.165, 1.54) is 0 Å². The second kappa shape index (κ2) is 5.69. The van der Waals surface area contributed by atoms with Gasteiger partial charge >= 0.3 is 5.97 Å². The molecule has 1 N–H and O–H groups in total. The van der Waals surface area contributed by atoms with Crippen LogP contribution in [0, 0.1) is 0 Å². The van der Waals surface area contributed by atoms with Crippen molar-refractivity contribution in [3.63, 3.8) is 0 Å². The van der Waals surface area contributed by atoms with Gasteiger partial charge in [-0.05, 0) is 26.8 Å². The molecule has 0 saturated heterocycles. The lowest BCUT2D eigenvalue weighted by atomic mass is 10.2. The summed E-state index contributed by atoms with van der Waals surface area (Å²) in [6, 6.07) is 3.60. The molecule has 1 unspecified atom stereocenters. The number of hydrogen-bond acceptors (Lipinski definition) is 5. The van der Waals surface area contributed by atoms with Crippen LogP contribution in [0.4, 0.5) is 0 Å². The summed E-state index contributed by atoms with van der Waals surface area (Å²) in [5.41, 5.74) is 1.31. The van der Waals surface area contributed by atoms with Crippen LogP contribution in [0.1, 0.15) is 32.5 Å². The van der Waals surface area contributed by atoms with E-state index in [2.05, 4.69) is 15.0 Å². The molecule has 0 bridgehead atoms. The van der Waals surface area contributed by atoms with E-state index in [0.29, 0.717) is 30.6 Å². The zero-order valence-corrected chi connectivity index (χ0v) is 11.3. The van der Waals surface area contributed by atoms with Gasteiger partial charge < -0.3 is 14.5 Å². The third kappa shape index (κ3) is 2.83. The molecule has 2 aromatic rings. The van der Waals surface area contributed by atoms with Crippen LogP contribution < -0.4 is 4.74 Å². The number of H-pyrrole nitrogens is 1. The van der Waals surface area contributed by atoms with Gasteiger partial charge in [0.2, 0.25) is 5.88 Å². The standard InChI is InChI=1S/C13H17N3O3/c1-4-18-10-7-6-9-12(15-10)16-11(14-9)8(3)13(17)19-5-2/h6-8H,4-5H2,1-3H3,(H,14,15,16). The number of nitrogens with one attached hydrogen (secondary N) is 1. The van der Waals surface area contributed by atoms with Crippen LogP contribution in [-0.2, 0) is 9.53 Å². The molecule has 2 aromatic heterocycles. The molecular formula is C13H17N3O3. The van der Waals surface area contributed by atoms with Gasteiger partial charge in [0.15, 0.2) is 5.65 Å². The van der Waals surface area contributed by atoms with Gasteiger partial charge in [0, 0.05) is 6.07 Å². The van der Waals surface area contributed by atoms with Crippen molar-refractivity contribution >= 4 is 17.1 Å². The number of esters is 1. The van der Waals surface area contributed by atoms with Crippen molar-refractivity contribution in [3.05, 3.63) is 18.0 Å². The van der Waals surface area contributed by atoms with Gasteiger partial charge in [-0.3, -0.25) is 4.79 Å². The number of nitrogens with zero attached hydrogens (tertiary/aromatic N) is 2. The Balaban J connectivity index is 2.28. The first-order valence-electron chi connectivity index (χ1n) is 6.31. The van der Waals surface area contributed by atoms with Crippen molar-refractivity contribution in [2.24, 2.45) is 0 Å². The first kappa shape index (κ1) is 13.3. The number of fused-ring (bicyclic) bond motifs is 1. The van der Waals surface area contributed by atoms with E-state index in [4.69, 9.17) is 9.47 Å². The van der Waals surface area contributed by atoms with Gasteiger partial charge in [0.05, 0.1) is 18.7 Å². The van der Waals surface area contributed by atoms with Crippen LogP contribution >= 0.6 is 0 Å². The lowest BCUT2D eigenvalue weighted by Gasteiger charge is -2.06. The molecule has 0 spiro atoms. The number of pyridine rings is 1. The monoisotopic (exact) mass is 263 g/mol. The molecule has 0 aromatic carbocycles. The summed E-state index contributed by atoms with van der Waals surface area (Å²) in [6.45, 7) is 6.33. The highest BCUT2D eigenvalue weighted by Crippen LogP contribution is 2.19. The first-order valence-corrected chi connectivity index (χ1v) is 6.31. The number of ether oxygens (including phenoxy) is 2. The Morgan fingerprint density at radius 3 is 2.79 bits per heavy atom. The Morgan fingerprint density at radius 1 is 1.32 bits per heavy atom. The topological polar surface area (TPSA) is 77.1 Å². The largest absolute Gasteiger partial charge is 0.478 e. The summed E-state index contributed by atoms with van der Waals surface area (Å²) < 4.78 is 10.3. The van der Waals surface area contributed by atoms with Crippen molar-refractivity contribution in [3.8, 4) is 5.88 Å². The minimum absolute atomic E-state index is 0.299. The van der Waals surface area contributed by atoms with Crippen LogP contribution in [0.3, 0.4) is 0 Å². The van der Waals surface area contributed by atoms with Crippen molar-refractivity contribution < 1.29 is 14.3 Å². The van der Waals surface area contributed by atoms with Gasteiger partial charge in [-0.2, -0.15) is 4.98 Å². The van der Waals surface area contributed by atoms with E-state index in [1.807, 2.05) is 13.0 Å². The van der Waals surface area contributed by atoms with Gasteiger partial charge in [-0.1, -0.05) is 0 Å². The normalized spacial score (nSPS) is 12.4. The molecule has 0 aliphatic carbocycles. The molecule has 0 radical (unpaired) electrons. The smallest absolute Gasteiger partial charge is 0.316 e. The zero-order valence-electron chi connectivity index (χ0n) is 11.3. The van der Waals surface area contributed by atoms with Crippen molar-refractivity contribution in [1.82, 2.24) is 15.0 Å². The van der Waals surface area contributed by atoms with Crippen LogP contribution in [0.15, 0.2) is 12.1 Å². The molecular weight excluding hydrogens is 246 g/mol. The van der Waals surface area contributed by atoms with E-state index < -0.39 is 5.92 Å². The summed E-state index contributed by atoms with van der Waals surface area (Å²) in [5.74, 6) is 0.336. The summed E-state index contributed by atoms with van der Waals surface area (Å²) in [6.07, 6.45) is 0. The Hall–Kier alpha value is -2.11. The predicted octanol–water partition coefficient (Wildman–Crippen LogP) is 2.02. The fourth-order valence-electron chi connectivity index (χ4n) is 1.71. The number of aromatic nitrogens is 3. The van der Waals surface area contributed by atoms with Gasteiger partial charge in [0.25, 0.3) is 0 Å². The maximum absolute atomic E-state index is 11.7. The Morgan fingerprint density at radius 2 is 2.11 bits per heavy atom. The number of imidazole rings is 1. The van der Waals surface area contributed by atoms with E-state index >= 15 is 0 Å². The molecule has 0 saturated carbocycles. The average molecular weight is 263 g/mol. The van der Waals surface area contributed by atoms with Crippen LogP contribution in [0.5, 0.6) is 5.88 Å². The van der Waals surface area contributed by atoms with Crippen LogP contribution in [-0.4, -0.2) is 34.1 Å². The highest BCUT2D eigenvalue weighted by molar-refractivity contribution is 5.79. The summed E-state index contributed by atoms with van der Waals surface area (Å²) in [5, 5.41) is 0. The fraction of sp³-hybridized carbons (Fsp3) is 0.462. The van der Waals surface area contributed by atoms with Gasteiger partial charge in [-0.15, -0.1) is 0 Å². The fourth-order valence-corrected chi connectivity index (χ4v) is 1.71. The highest BCUT2D eigenvalue weighted by Gasteiger charge is 2.20. The number of carbonyl (C=O) groups excluding carboxylic acids is 1. The van der Waals surface area contributed by atoms with E-state index in [9.17, 15) is 4.79 Å². The third-order valence-corrected chi connectivity index (χ3v) is 2.68. The molecule has 0 aliphatic heterocycles. The summed E-state index contributed by atoms with van der Waals surface area (Å²) in [4.78, 5) is 23.3. The zero-order chi connectivity index (χ0) is 13.8. The number of carbonyl (C=O) groups is 1. The molecule has 0 aliphatic rings. The molecule has 6 heteroatoms. The molecule has 6 nitrogen and oxygen atoms in total. The Kier molecular flexibility index (Phi) is 3.99. The summed E-state index contributed by atoms with van der Waals surface area (Å²) >= 11 is 0. The van der Waals surface area contributed by atoms with Crippen LogP contribution in [0.2, 0.25) is 0 Å². The molecule has 2 rings (SSSR count). The number of aromatic amines is 1. The van der Waals surface area contributed by atoms with Gasteiger partial charge in [-0.25, -0.2) is 4.98 Å². The quantitative estimate of drug-likeness (QED) is 0.835. The summed E-state index contributed by atoms with van der Waals surface area (Å²) in [7, 11) is 0. The second-order valence-electron chi connectivity index (χ2n) is 4.05. The maximum atomic E-state index is 11.7. The molecule has 0 amide bonds. The molecule has 1 atom stereocenters. The Bertz CT molecular complexity index is 580. The van der Waals surface area contributed by atoms with Crippen molar-refractivity contribution in [2.45, 2.75) is 26.7 Å². The molecule has 2 heterocycles. The minimum Gasteiger partial charge on any atom is -0.478 e. The van der Waals surface area contributed by atoms with E-state index in [1.54, 1.807) is 19.9 Å². The lowest BCUT2D eigenvalue weighted by Crippen LogP contribution is -2.14. The van der Waals surface area contributed by atoms with Crippen molar-refractivity contribution in [2.75, 3.05) is 13.2 Å². The second-order valence-corrected chi connectivity index (χ2v) is 4.05. The van der Waals surface area contributed by atoms with Gasteiger partial charge in [0.1, 0.15) is 11.7 Å². The first-order chi connectivity index (χ1) is 9.15. The Labute approximate surface area is 111 Å². The SMILES string of the molecule is CCOC(=O)C(C)c1nc2nc(OCC)ccc2[nH]1. The minimum atomic E-state index is -0.440. The predicted molar refractivity (Wildman–Crippen MR) is 70.1 cm³/mol. The number of rotatable bonds is 5. The molecule has 0 fully saturated rings.